The van der Waals surface area contributed by atoms with Crippen LogP contribution in [-0.2, 0) is 9.59 Å². The highest BCUT2D eigenvalue weighted by atomic mass is 79.9. The van der Waals surface area contributed by atoms with Gasteiger partial charge in [0, 0.05) is 21.6 Å². The highest BCUT2D eigenvalue weighted by Gasteiger charge is 2.39. The average Bonchev–Trinajstić information content (AvgIpc) is 3.43. The fraction of sp³-hybridized carbons (Fsp3) is 0.286. The molecule has 3 atom stereocenters. The number of hydrazine groups is 1. The number of nitrogens with one attached hydrogen (secondary N) is 3. The van der Waals surface area contributed by atoms with Gasteiger partial charge in [-0.1, -0.05) is 28.9 Å². The second-order valence-electron chi connectivity index (χ2n) is 7.05. The van der Waals surface area contributed by atoms with E-state index in [9.17, 15) is 14.4 Å². The third-order valence-corrected chi connectivity index (χ3v) is 5.13. The number of anilines is 1. The van der Waals surface area contributed by atoms with Crippen LogP contribution in [0.2, 0.25) is 0 Å². The molecule has 0 spiro atoms. The van der Waals surface area contributed by atoms with Gasteiger partial charge in [-0.15, -0.1) is 0 Å². The summed E-state index contributed by atoms with van der Waals surface area (Å²) in [6.07, 6.45) is 0.113. The van der Waals surface area contributed by atoms with Crippen LogP contribution in [-0.4, -0.2) is 23.8 Å². The first-order valence-corrected chi connectivity index (χ1v) is 10.1. The number of benzene rings is 2. The zero-order valence-corrected chi connectivity index (χ0v) is 17.7. The molecule has 3 rings (SSSR count). The van der Waals surface area contributed by atoms with Gasteiger partial charge < -0.3 is 10.1 Å². The van der Waals surface area contributed by atoms with Crippen LogP contribution in [0.3, 0.4) is 0 Å². The SMILES string of the molecule is CC(Oc1cccc(Br)c1)C(=O)NNC(=O)c1ccc(NC(=O)C2CC2C)cc1. The third-order valence-electron chi connectivity index (χ3n) is 4.64. The van der Waals surface area contributed by atoms with Gasteiger partial charge in [-0.3, -0.25) is 25.2 Å². The summed E-state index contributed by atoms with van der Waals surface area (Å²) in [6.45, 7) is 3.62. The summed E-state index contributed by atoms with van der Waals surface area (Å²) in [5.74, 6) is 0.0864. The van der Waals surface area contributed by atoms with Crippen molar-refractivity contribution in [2.45, 2.75) is 26.4 Å². The smallest absolute Gasteiger partial charge is 0.279 e. The zero-order valence-electron chi connectivity index (χ0n) is 16.1. The third kappa shape index (κ3) is 5.80. The van der Waals surface area contributed by atoms with Gasteiger partial charge in [-0.05, 0) is 61.7 Å². The Labute approximate surface area is 177 Å². The molecule has 1 fully saturated rings. The Morgan fingerprint density at radius 3 is 2.41 bits per heavy atom. The number of amides is 3. The minimum absolute atomic E-state index is 0.00129. The van der Waals surface area contributed by atoms with Crippen molar-refractivity contribution >= 4 is 39.3 Å². The van der Waals surface area contributed by atoms with E-state index in [0.29, 0.717) is 22.9 Å². The molecule has 3 amide bonds. The van der Waals surface area contributed by atoms with E-state index in [1.807, 2.05) is 13.0 Å². The summed E-state index contributed by atoms with van der Waals surface area (Å²) < 4.78 is 6.38. The second-order valence-corrected chi connectivity index (χ2v) is 7.96. The second kappa shape index (κ2) is 9.09. The van der Waals surface area contributed by atoms with E-state index in [1.54, 1.807) is 49.4 Å². The summed E-state index contributed by atoms with van der Waals surface area (Å²) in [6, 6.07) is 13.6. The lowest BCUT2D eigenvalue weighted by Gasteiger charge is -2.15. The highest BCUT2D eigenvalue weighted by molar-refractivity contribution is 9.10. The first-order valence-electron chi connectivity index (χ1n) is 9.27. The summed E-state index contributed by atoms with van der Waals surface area (Å²) >= 11 is 3.33. The van der Waals surface area contributed by atoms with Crippen LogP contribution >= 0.6 is 15.9 Å². The quantitative estimate of drug-likeness (QED) is 0.577. The van der Waals surface area contributed by atoms with Crippen molar-refractivity contribution < 1.29 is 19.1 Å². The fourth-order valence-corrected chi connectivity index (χ4v) is 3.10. The molecule has 0 saturated heterocycles. The average molecular weight is 460 g/mol. The Morgan fingerprint density at radius 1 is 1.10 bits per heavy atom. The Hall–Kier alpha value is -2.87. The molecule has 2 aromatic carbocycles. The molecule has 8 heteroatoms. The van der Waals surface area contributed by atoms with Crippen LogP contribution in [0.15, 0.2) is 53.0 Å². The zero-order chi connectivity index (χ0) is 21.0. The molecule has 0 radical (unpaired) electrons. The van der Waals surface area contributed by atoms with Crippen molar-refractivity contribution in [1.29, 1.82) is 0 Å². The van der Waals surface area contributed by atoms with Gasteiger partial charge in [0.1, 0.15) is 5.75 Å². The molecule has 1 saturated carbocycles. The van der Waals surface area contributed by atoms with Crippen molar-refractivity contribution in [2.75, 3.05) is 5.32 Å². The van der Waals surface area contributed by atoms with E-state index in [4.69, 9.17) is 4.74 Å². The highest BCUT2D eigenvalue weighted by Crippen LogP contribution is 2.38. The van der Waals surface area contributed by atoms with Gasteiger partial charge in [0.2, 0.25) is 5.91 Å². The minimum atomic E-state index is -0.799. The first kappa shape index (κ1) is 20.9. The first-order chi connectivity index (χ1) is 13.8. The Balaban J connectivity index is 1.46. The number of halogens is 1. The summed E-state index contributed by atoms with van der Waals surface area (Å²) in [4.78, 5) is 36.3. The largest absolute Gasteiger partial charge is 0.481 e. The molecule has 0 heterocycles. The van der Waals surface area contributed by atoms with Crippen LogP contribution in [0.1, 0.15) is 30.6 Å². The molecule has 2 aromatic rings. The Morgan fingerprint density at radius 2 is 1.79 bits per heavy atom. The number of rotatable bonds is 6. The molecule has 0 bridgehead atoms. The molecule has 0 aromatic heterocycles. The van der Waals surface area contributed by atoms with Crippen molar-refractivity contribution in [3.05, 3.63) is 58.6 Å². The van der Waals surface area contributed by atoms with Gasteiger partial charge in [-0.25, -0.2) is 0 Å². The molecule has 1 aliphatic rings. The van der Waals surface area contributed by atoms with Gasteiger partial charge in [0.15, 0.2) is 6.10 Å². The summed E-state index contributed by atoms with van der Waals surface area (Å²) in [5, 5.41) is 2.83. The summed E-state index contributed by atoms with van der Waals surface area (Å²) in [7, 11) is 0. The lowest BCUT2D eigenvalue weighted by molar-refractivity contribution is -0.128. The normalized spacial score (nSPS) is 18.3. The van der Waals surface area contributed by atoms with Crippen LogP contribution < -0.4 is 20.9 Å². The standard InChI is InChI=1S/C21H22BrN3O4/c1-12-10-18(12)21(28)23-16-8-6-14(7-9-16)20(27)25-24-19(26)13(2)29-17-5-3-4-15(22)11-17/h3-9,11-13,18H,10H2,1-2H3,(H,23,28)(H,24,26)(H,25,27). The van der Waals surface area contributed by atoms with E-state index in [2.05, 4.69) is 32.1 Å². The van der Waals surface area contributed by atoms with Crippen LogP contribution in [0.4, 0.5) is 5.69 Å². The van der Waals surface area contributed by atoms with Gasteiger partial charge in [-0.2, -0.15) is 0 Å². The predicted molar refractivity (Wildman–Crippen MR) is 112 cm³/mol. The predicted octanol–water partition coefficient (Wildman–Crippen LogP) is 3.27. The Kier molecular flexibility index (Phi) is 6.53. The van der Waals surface area contributed by atoms with Crippen molar-refractivity contribution in [2.24, 2.45) is 11.8 Å². The molecular formula is C21H22BrN3O4. The number of hydrogen-bond donors (Lipinski definition) is 3. The number of carbonyl (C=O) groups excluding carboxylic acids is 3. The van der Waals surface area contributed by atoms with Crippen molar-refractivity contribution in [3.8, 4) is 5.75 Å². The number of ether oxygens (including phenoxy) is 1. The van der Waals surface area contributed by atoms with Crippen LogP contribution in [0.5, 0.6) is 5.75 Å². The minimum Gasteiger partial charge on any atom is -0.481 e. The van der Waals surface area contributed by atoms with Crippen LogP contribution in [0, 0.1) is 11.8 Å². The molecule has 1 aliphatic carbocycles. The van der Waals surface area contributed by atoms with E-state index in [0.717, 1.165) is 10.9 Å². The lowest BCUT2D eigenvalue weighted by Crippen LogP contribution is -2.47. The number of carbonyl (C=O) groups is 3. The maximum absolute atomic E-state index is 12.2. The number of hydrogen-bond acceptors (Lipinski definition) is 4. The van der Waals surface area contributed by atoms with E-state index >= 15 is 0 Å². The van der Waals surface area contributed by atoms with E-state index in [-0.39, 0.29) is 11.8 Å². The monoisotopic (exact) mass is 459 g/mol. The van der Waals surface area contributed by atoms with Gasteiger partial charge >= 0.3 is 0 Å². The van der Waals surface area contributed by atoms with E-state index in [1.165, 1.54) is 0 Å². The molecule has 152 valence electrons. The Bertz CT molecular complexity index is 916. The maximum atomic E-state index is 12.2. The van der Waals surface area contributed by atoms with Crippen molar-refractivity contribution in [1.82, 2.24) is 10.9 Å². The maximum Gasteiger partial charge on any atom is 0.279 e. The molecule has 3 N–H and O–H groups in total. The molecular weight excluding hydrogens is 438 g/mol. The molecule has 3 unspecified atom stereocenters. The fourth-order valence-electron chi connectivity index (χ4n) is 2.72. The van der Waals surface area contributed by atoms with Crippen LogP contribution in [0.25, 0.3) is 0 Å². The van der Waals surface area contributed by atoms with Gasteiger partial charge in [0.05, 0.1) is 0 Å². The van der Waals surface area contributed by atoms with Gasteiger partial charge in [0.25, 0.3) is 11.8 Å². The van der Waals surface area contributed by atoms with E-state index < -0.39 is 17.9 Å². The molecule has 0 aliphatic heterocycles. The molecule has 7 nitrogen and oxygen atoms in total. The summed E-state index contributed by atoms with van der Waals surface area (Å²) in [5.41, 5.74) is 5.68. The lowest BCUT2D eigenvalue weighted by atomic mass is 10.2. The molecule has 29 heavy (non-hydrogen) atoms. The van der Waals surface area contributed by atoms with Crippen molar-refractivity contribution in [3.63, 3.8) is 0 Å². The topological polar surface area (TPSA) is 96.5 Å².